The summed E-state index contributed by atoms with van der Waals surface area (Å²) in [6, 6.07) is 16.1. The summed E-state index contributed by atoms with van der Waals surface area (Å²) in [5.74, 6) is 1.58. The van der Waals surface area contributed by atoms with Gasteiger partial charge >= 0.3 is 0 Å². The van der Waals surface area contributed by atoms with E-state index in [0.29, 0.717) is 0 Å². The lowest BCUT2D eigenvalue weighted by Gasteiger charge is -2.00. The van der Waals surface area contributed by atoms with E-state index in [4.69, 9.17) is 4.74 Å². The van der Waals surface area contributed by atoms with Crippen LogP contribution in [0.4, 0.5) is 0 Å². The fraction of sp³-hybridized carbons (Fsp3) is 0.0588. The van der Waals surface area contributed by atoms with Crippen LogP contribution in [0.3, 0.4) is 0 Å². The van der Waals surface area contributed by atoms with Crippen LogP contribution in [0.15, 0.2) is 54.7 Å². The minimum atomic E-state index is 0.755. The maximum atomic E-state index is 5.26. The predicted molar refractivity (Wildman–Crippen MR) is 89.2 cm³/mol. The van der Waals surface area contributed by atoms with Gasteiger partial charge in [-0.15, -0.1) is 0 Å². The second-order valence-electron chi connectivity index (χ2n) is 4.93. The first-order chi connectivity index (χ1) is 10.8. The number of aromatic nitrogens is 3. The first-order valence-corrected chi connectivity index (χ1v) is 7.66. The third-order valence-corrected chi connectivity index (χ3v) is 4.32. The molecule has 0 fully saturated rings. The van der Waals surface area contributed by atoms with E-state index in [9.17, 15) is 0 Å². The van der Waals surface area contributed by atoms with Crippen LogP contribution in [0.5, 0.6) is 5.75 Å². The highest BCUT2D eigenvalue weighted by Gasteiger charge is 2.10. The third-order valence-electron chi connectivity index (χ3n) is 3.55. The van der Waals surface area contributed by atoms with Crippen molar-refractivity contribution in [3.05, 3.63) is 54.7 Å². The average Bonchev–Trinajstić information content (AvgIpc) is 3.23. The molecule has 0 radical (unpaired) electrons. The Morgan fingerprint density at radius 2 is 2.00 bits per heavy atom. The number of hydrogen-bond donors (Lipinski definition) is 1. The molecule has 5 heteroatoms. The summed E-state index contributed by atoms with van der Waals surface area (Å²) in [6.07, 6.45) is 1.94. The van der Waals surface area contributed by atoms with Gasteiger partial charge in [0.2, 0.25) is 0 Å². The Balaban J connectivity index is 1.73. The van der Waals surface area contributed by atoms with Crippen molar-refractivity contribution in [2.24, 2.45) is 0 Å². The number of methoxy groups -OCH3 is 1. The first-order valence-electron chi connectivity index (χ1n) is 6.89. The zero-order valence-corrected chi connectivity index (χ0v) is 12.7. The van der Waals surface area contributed by atoms with Gasteiger partial charge in [-0.05, 0) is 47.9 Å². The van der Waals surface area contributed by atoms with Crippen LogP contribution < -0.4 is 4.74 Å². The average molecular weight is 307 g/mol. The Morgan fingerprint density at radius 3 is 2.91 bits per heavy atom. The third kappa shape index (κ3) is 2.25. The molecule has 0 unspecified atom stereocenters. The zero-order valence-electron chi connectivity index (χ0n) is 11.9. The van der Waals surface area contributed by atoms with Crippen LogP contribution in [0, 0.1) is 0 Å². The second-order valence-corrected chi connectivity index (χ2v) is 5.69. The highest BCUT2D eigenvalue weighted by molar-refractivity contribution is 7.09. The van der Waals surface area contributed by atoms with Crippen molar-refractivity contribution in [3.8, 4) is 27.7 Å². The van der Waals surface area contributed by atoms with Crippen molar-refractivity contribution in [3.63, 3.8) is 0 Å². The van der Waals surface area contributed by atoms with Crippen molar-refractivity contribution < 1.29 is 4.74 Å². The molecule has 0 saturated carbocycles. The van der Waals surface area contributed by atoms with E-state index in [1.165, 1.54) is 11.5 Å². The van der Waals surface area contributed by atoms with Gasteiger partial charge in [-0.25, -0.2) is 4.98 Å². The number of benzene rings is 2. The predicted octanol–water partition coefficient (Wildman–Crippen LogP) is 4.36. The standard InChI is InChI=1S/C17H13N3OS/c1-21-14-4-2-3-13(10-14)17-19-16(20-22-17)12-5-6-15-11(9-12)7-8-18-15/h2-10,18H,1H3. The zero-order chi connectivity index (χ0) is 14.9. The number of fused-ring (bicyclic) bond motifs is 1. The van der Waals surface area contributed by atoms with E-state index >= 15 is 0 Å². The molecule has 108 valence electrons. The molecule has 22 heavy (non-hydrogen) atoms. The fourth-order valence-electron chi connectivity index (χ4n) is 2.41. The summed E-state index contributed by atoms with van der Waals surface area (Å²) in [6.45, 7) is 0. The van der Waals surface area contributed by atoms with Crippen molar-refractivity contribution in [2.45, 2.75) is 0 Å². The summed E-state index contributed by atoms with van der Waals surface area (Å²) < 4.78 is 9.75. The number of ether oxygens (including phenoxy) is 1. The second kappa shape index (κ2) is 5.27. The van der Waals surface area contributed by atoms with Gasteiger partial charge in [-0.1, -0.05) is 12.1 Å². The normalized spacial score (nSPS) is 11.0. The Kier molecular flexibility index (Phi) is 3.12. The molecular formula is C17H13N3OS. The molecule has 0 bridgehead atoms. The van der Waals surface area contributed by atoms with E-state index in [1.54, 1.807) is 7.11 Å². The Bertz CT molecular complexity index is 942. The highest BCUT2D eigenvalue weighted by atomic mass is 32.1. The van der Waals surface area contributed by atoms with Gasteiger partial charge in [0, 0.05) is 28.2 Å². The lowest BCUT2D eigenvalue weighted by atomic mass is 10.1. The summed E-state index contributed by atoms with van der Waals surface area (Å²) in [5, 5.41) is 2.05. The van der Waals surface area contributed by atoms with Crippen molar-refractivity contribution in [2.75, 3.05) is 7.11 Å². The minimum absolute atomic E-state index is 0.755. The molecule has 0 spiro atoms. The molecule has 1 N–H and O–H groups in total. The highest BCUT2D eigenvalue weighted by Crippen LogP contribution is 2.29. The van der Waals surface area contributed by atoms with Crippen molar-refractivity contribution in [1.29, 1.82) is 0 Å². The maximum absolute atomic E-state index is 5.26. The van der Waals surface area contributed by atoms with Gasteiger partial charge in [-0.2, -0.15) is 4.37 Å². The van der Waals surface area contributed by atoms with Gasteiger partial charge in [0.25, 0.3) is 0 Å². The van der Waals surface area contributed by atoms with Crippen molar-refractivity contribution >= 4 is 22.4 Å². The van der Waals surface area contributed by atoms with E-state index in [0.717, 1.165) is 38.6 Å². The van der Waals surface area contributed by atoms with E-state index < -0.39 is 0 Å². The van der Waals surface area contributed by atoms with E-state index in [1.807, 2.05) is 42.6 Å². The molecule has 0 aliphatic rings. The number of hydrogen-bond acceptors (Lipinski definition) is 4. The Morgan fingerprint density at radius 1 is 1.05 bits per heavy atom. The number of aromatic amines is 1. The summed E-state index contributed by atoms with van der Waals surface area (Å²) >= 11 is 1.40. The smallest absolute Gasteiger partial charge is 0.173 e. The van der Waals surface area contributed by atoms with Gasteiger partial charge in [0.15, 0.2) is 5.82 Å². The number of nitrogens with zero attached hydrogens (tertiary/aromatic N) is 2. The van der Waals surface area contributed by atoms with Crippen LogP contribution in [-0.2, 0) is 0 Å². The number of rotatable bonds is 3. The van der Waals surface area contributed by atoms with Gasteiger partial charge < -0.3 is 9.72 Å². The van der Waals surface area contributed by atoms with E-state index in [2.05, 4.69) is 26.5 Å². The fourth-order valence-corrected chi connectivity index (χ4v) is 3.09. The van der Waals surface area contributed by atoms with Crippen LogP contribution in [0.2, 0.25) is 0 Å². The SMILES string of the molecule is COc1cccc(-c2nc(-c3ccc4[nH]ccc4c3)ns2)c1. The molecule has 4 aromatic rings. The van der Waals surface area contributed by atoms with Gasteiger partial charge in [0.1, 0.15) is 10.8 Å². The lowest BCUT2D eigenvalue weighted by molar-refractivity contribution is 0.415. The van der Waals surface area contributed by atoms with Crippen LogP contribution >= 0.6 is 11.5 Å². The summed E-state index contributed by atoms with van der Waals surface area (Å²) in [4.78, 5) is 7.85. The van der Waals surface area contributed by atoms with Gasteiger partial charge in [-0.3, -0.25) is 0 Å². The molecule has 4 rings (SSSR count). The van der Waals surface area contributed by atoms with Crippen molar-refractivity contribution in [1.82, 2.24) is 14.3 Å². The molecule has 0 amide bonds. The molecule has 0 atom stereocenters. The molecule has 2 heterocycles. The molecule has 2 aromatic heterocycles. The largest absolute Gasteiger partial charge is 0.497 e. The Hall–Kier alpha value is -2.66. The number of nitrogens with one attached hydrogen (secondary N) is 1. The van der Waals surface area contributed by atoms with Crippen LogP contribution in [0.1, 0.15) is 0 Å². The van der Waals surface area contributed by atoms with E-state index in [-0.39, 0.29) is 0 Å². The molecule has 4 nitrogen and oxygen atoms in total. The minimum Gasteiger partial charge on any atom is -0.497 e. The molecule has 0 aliphatic heterocycles. The maximum Gasteiger partial charge on any atom is 0.173 e. The number of H-pyrrole nitrogens is 1. The molecular weight excluding hydrogens is 294 g/mol. The summed E-state index contributed by atoms with van der Waals surface area (Å²) in [7, 11) is 1.66. The monoisotopic (exact) mass is 307 g/mol. The first kappa shape index (κ1) is 13.0. The van der Waals surface area contributed by atoms with Gasteiger partial charge in [0.05, 0.1) is 7.11 Å². The molecule has 0 aliphatic carbocycles. The molecule has 2 aromatic carbocycles. The summed E-state index contributed by atoms with van der Waals surface area (Å²) in [5.41, 5.74) is 3.16. The van der Waals surface area contributed by atoms with Crippen LogP contribution in [-0.4, -0.2) is 21.5 Å². The lowest BCUT2D eigenvalue weighted by Crippen LogP contribution is -1.84. The Labute approximate surface area is 131 Å². The molecule has 0 saturated heterocycles. The topological polar surface area (TPSA) is 50.8 Å². The quantitative estimate of drug-likeness (QED) is 0.611. The van der Waals surface area contributed by atoms with Crippen LogP contribution in [0.25, 0.3) is 32.9 Å².